The van der Waals surface area contributed by atoms with Gasteiger partial charge in [-0.25, -0.2) is 0 Å². The fraction of sp³-hybridized carbons (Fsp3) is 0.278. The van der Waals surface area contributed by atoms with Crippen LogP contribution in [0.25, 0.3) is 6.08 Å². The summed E-state index contributed by atoms with van der Waals surface area (Å²) < 4.78 is 0. The Kier molecular flexibility index (Phi) is 5.15. The molecule has 0 aromatic heterocycles. The molecular formula is C18H18N2O3S. The number of carbonyl (C=O) groups excluding carboxylic acids is 3. The van der Waals surface area contributed by atoms with Gasteiger partial charge in [-0.05, 0) is 36.2 Å². The maximum absolute atomic E-state index is 12.3. The van der Waals surface area contributed by atoms with Crippen LogP contribution in [0.3, 0.4) is 0 Å². The normalized spacial score (nSPS) is 19.9. The molecule has 0 N–H and O–H groups in total. The van der Waals surface area contributed by atoms with E-state index in [9.17, 15) is 14.4 Å². The molecule has 24 heavy (non-hydrogen) atoms. The molecule has 1 aromatic carbocycles. The summed E-state index contributed by atoms with van der Waals surface area (Å²) in [5.74, 6) is -0.550. The minimum atomic E-state index is -0.393. The number of thioether (sulfide) groups is 1. The summed E-state index contributed by atoms with van der Waals surface area (Å²) in [5, 5.41) is -0.382. The van der Waals surface area contributed by atoms with Crippen LogP contribution in [0.2, 0.25) is 0 Å². The highest BCUT2D eigenvalue weighted by Crippen LogP contribution is 2.30. The first-order valence-electron chi connectivity index (χ1n) is 7.90. The summed E-state index contributed by atoms with van der Waals surface area (Å²) in [7, 11) is 0. The Hall–Kier alpha value is -2.34. The van der Waals surface area contributed by atoms with Crippen LogP contribution in [0.15, 0.2) is 47.4 Å². The second-order valence-electron chi connectivity index (χ2n) is 5.65. The lowest BCUT2D eigenvalue weighted by molar-refractivity contribution is -0.135. The topological polar surface area (TPSA) is 57.7 Å². The summed E-state index contributed by atoms with van der Waals surface area (Å²) in [6.45, 7) is 1.26. The summed E-state index contributed by atoms with van der Waals surface area (Å²) in [6, 6.07) is 9.69. The Morgan fingerprint density at radius 1 is 1.12 bits per heavy atom. The fourth-order valence-electron chi connectivity index (χ4n) is 2.66. The summed E-state index contributed by atoms with van der Waals surface area (Å²) in [4.78, 5) is 39.6. The third kappa shape index (κ3) is 3.76. The minimum absolute atomic E-state index is 0.157. The quantitative estimate of drug-likeness (QED) is 0.790. The van der Waals surface area contributed by atoms with Crippen molar-refractivity contribution in [3.05, 3.63) is 53.0 Å². The third-order valence-corrected chi connectivity index (χ3v) is 4.89. The Bertz CT molecular complexity index is 706. The highest BCUT2D eigenvalue weighted by Gasteiger charge is 2.37. The number of nitrogens with zero attached hydrogens (tertiary/aromatic N) is 2. The zero-order chi connectivity index (χ0) is 16.9. The molecule has 3 amide bonds. The Labute approximate surface area is 145 Å². The molecule has 0 aliphatic carbocycles. The van der Waals surface area contributed by atoms with E-state index in [0.717, 1.165) is 35.1 Å². The van der Waals surface area contributed by atoms with Crippen LogP contribution >= 0.6 is 11.8 Å². The molecule has 0 spiro atoms. The first-order valence-corrected chi connectivity index (χ1v) is 8.71. The highest BCUT2D eigenvalue weighted by molar-refractivity contribution is 8.18. The number of likely N-dealkylation sites (tertiary alicyclic amines) is 1. The lowest BCUT2D eigenvalue weighted by Crippen LogP contribution is -2.40. The van der Waals surface area contributed by atoms with Crippen molar-refractivity contribution in [2.24, 2.45) is 0 Å². The lowest BCUT2D eigenvalue weighted by Gasteiger charge is -2.18. The molecule has 2 heterocycles. The van der Waals surface area contributed by atoms with Crippen molar-refractivity contribution < 1.29 is 14.4 Å². The Morgan fingerprint density at radius 3 is 2.54 bits per heavy atom. The van der Waals surface area contributed by atoms with E-state index in [4.69, 9.17) is 0 Å². The molecule has 2 aliphatic heterocycles. The molecule has 0 bridgehead atoms. The number of imide groups is 1. The minimum Gasteiger partial charge on any atom is -0.341 e. The molecule has 2 fully saturated rings. The van der Waals surface area contributed by atoms with Crippen LogP contribution in [0.4, 0.5) is 4.79 Å². The first-order chi connectivity index (χ1) is 11.6. The molecular weight excluding hydrogens is 324 g/mol. The number of rotatable bonds is 4. The summed E-state index contributed by atoms with van der Waals surface area (Å²) in [6.07, 6.45) is 7.20. The molecule has 124 valence electrons. The van der Waals surface area contributed by atoms with Crippen LogP contribution in [0.5, 0.6) is 0 Å². The summed E-state index contributed by atoms with van der Waals surface area (Å²) in [5.41, 5.74) is 1.01. The molecule has 1 aromatic rings. The van der Waals surface area contributed by atoms with Gasteiger partial charge in [-0.3, -0.25) is 19.3 Å². The fourth-order valence-corrected chi connectivity index (χ4v) is 3.45. The zero-order valence-corrected chi connectivity index (χ0v) is 14.0. The van der Waals surface area contributed by atoms with E-state index in [-0.39, 0.29) is 17.7 Å². The van der Waals surface area contributed by atoms with Gasteiger partial charge in [0.05, 0.1) is 4.91 Å². The van der Waals surface area contributed by atoms with Gasteiger partial charge in [0.1, 0.15) is 6.54 Å². The average molecular weight is 342 g/mol. The van der Waals surface area contributed by atoms with Gasteiger partial charge in [0.2, 0.25) is 5.91 Å². The molecule has 0 atom stereocenters. The van der Waals surface area contributed by atoms with Gasteiger partial charge in [-0.2, -0.15) is 0 Å². The number of allylic oxidation sites excluding steroid dienone is 2. The maximum Gasteiger partial charge on any atom is 0.294 e. The van der Waals surface area contributed by atoms with Crippen molar-refractivity contribution in [3.63, 3.8) is 0 Å². The Balaban J connectivity index is 1.64. The van der Waals surface area contributed by atoms with Crippen molar-refractivity contribution in [3.8, 4) is 0 Å². The van der Waals surface area contributed by atoms with Crippen molar-refractivity contribution in [2.75, 3.05) is 19.6 Å². The third-order valence-electron chi connectivity index (χ3n) is 3.96. The van der Waals surface area contributed by atoms with Gasteiger partial charge in [-0.15, -0.1) is 0 Å². The van der Waals surface area contributed by atoms with Gasteiger partial charge in [0.25, 0.3) is 11.1 Å². The molecule has 2 saturated heterocycles. The zero-order valence-electron chi connectivity index (χ0n) is 13.2. The van der Waals surface area contributed by atoms with E-state index >= 15 is 0 Å². The van der Waals surface area contributed by atoms with Crippen LogP contribution in [0.1, 0.15) is 18.4 Å². The number of hydrogen-bond acceptors (Lipinski definition) is 4. The monoisotopic (exact) mass is 342 g/mol. The molecule has 2 aliphatic rings. The molecule has 5 nitrogen and oxygen atoms in total. The van der Waals surface area contributed by atoms with Crippen molar-refractivity contribution in [2.45, 2.75) is 12.8 Å². The number of hydrogen-bond donors (Lipinski definition) is 0. The molecule has 0 saturated carbocycles. The predicted octanol–water partition coefficient (Wildman–Crippen LogP) is 2.90. The smallest absolute Gasteiger partial charge is 0.294 e. The van der Waals surface area contributed by atoms with Crippen molar-refractivity contribution in [1.29, 1.82) is 0 Å². The van der Waals surface area contributed by atoms with Crippen molar-refractivity contribution in [1.82, 2.24) is 9.80 Å². The van der Waals surface area contributed by atoms with E-state index in [2.05, 4.69) is 0 Å². The maximum atomic E-state index is 12.3. The van der Waals surface area contributed by atoms with Gasteiger partial charge in [0.15, 0.2) is 0 Å². The van der Waals surface area contributed by atoms with E-state index in [1.807, 2.05) is 36.4 Å². The van der Waals surface area contributed by atoms with Gasteiger partial charge >= 0.3 is 0 Å². The van der Waals surface area contributed by atoms with Gasteiger partial charge in [0, 0.05) is 13.1 Å². The second kappa shape index (κ2) is 7.49. The largest absolute Gasteiger partial charge is 0.341 e. The van der Waals surface area contributed by atoms with E-state index in [0.29, 0.717) is 18.0 Å². The van der Waals surface area contributed by atoms with Crippen molar-refractivity contribution >= 4 is 34.9 Å². The molecule has 0 unspecified atom stereocenters. The summed E-state index contributed by atoms with van der Waals surface area (Å²) >= 11 is 0.878. The molecule has 6 heteroatoms. The van der Waals surface area contributed by atoms with Gasteiger partial charge < -0.3 is 4.90 Å². The highest BCUT2D eigenvalue weighted by atomic mass is 32.2. The average Bonchev–Trinajstić information content (AvgIpc) is 3.21. The SMILES string of the molecule is O=C(CN1C(=O)S/C(=C/C=C\c2ccccc2)C1=O)N1CCCC1. The van der Waals surface area contributed by atoms with Crippen LogP contribution < -0.4 is 0 Å². The van der Waals surface area contributed by atoms with E-state index in [1.54, 1.807) is 17.1 Å². The number of amides is 3. The van der Waals surface area contributed by atoms with E-state index < -0.39 is 5.91 Å². The Morgan fingerprint density at radius 2 is 1.83 bits per heavy atom. The van der Waals surface area contributed by atoms with Crippen LogP contribution in [0, 0.1) is 0 Å². The number of carbonyl (C=O) groups is 3. The van der Waals surface area contributed by atoms with Crippen LogP contribution in [-0.2, 0) is 9.59 Å². The van der Waals surface area contributed by atoms with E-state index in [1.165, 1.54) is 0 Å². The first kappa shape index (κ1) is 16.5. The predicted molar refractivity (Wildman–Crippen MR) is 94.1 cm³/mol. The molecule has 3 rings (SSSR count). The standard InChI is InChI=1S/C18H18N2O3S/c21-16(19-11-4-5-12-19)13-20-17(22)15(24-18(20)23)10-6-9-14-7-2-1-3-8-14/h1-3,6-10H,4-5,11-13H2/b9-6-,15-10+. The van der Waals surface area contributed by atoms with Crippen LogP contribution in [-0.4, -0.2) is 46.5 Å². The molecule has 0 radical (unpaired) electrons. The lowest BCUT2D eigenvalue weighted by atomic mass is 10.2. The number of benzene rings is 1. The van der Waals surface area contributed by atoms with Gasteiger partial charge in [-0.1, -0.05) is 42.5 Å². The second-order valence-corrected chi connectivity index (χ2v) is 6.64.